The van der Waals surface area contributed by atoms with Gasteiger partial charge in [-0.2, -0.15) is 0 Å². The van der Waals surface area contributed by atoms with Gasteiger partial charge in [0.15, 0.2) is 0 Å². The Bertz CT molecular complexity index is 552. The first-order valence-electron chi connectivity index (χ1n) is 6.48. The van der Waals surface area contributed by atoms with Gasteiger partial charge >= 0.3 is 0 Å². The Labute approximate surface area is 118 Å². The molecular weight excluding hydrogens is 254 g/mol. The molecule has 0 aromatic heterocycles. The Balaban J connectivity index is 2.34. The van der Waals surface area contributed by atoms with E-state index < -0.39 is 11.8 Å². The highest BCUT2D eigenvalue weighted by molar-refractivity contribution is 5.86. The van der Waals surface area contributed by atoms with Gasteiger partial charge in [0, 0.05) is 0 Å². The number of carbonyl (C=O) groups is 1. The zero-order chi connectivity index (χ0) is 14.4. The molecule has 2 aromatic rings. The summed E-state index contributed by atoms with van der Waals surface area (Å²) in [6.45, 7) is 2.51. The molecule has 0 saturated heterocycles. The molecule has 0 spiro atoms. The van der Waals surface area contributed by atoms with Crippen LogP contribution in [0.15, 0.2) is 54.6 Å². The van der Waals surface area contributed by atoms with E-state index in [-0.39, 0.29) is 0 Å². The molecule has 2 N–H and O–H groups in total. The van der Waals surface area contributed by atoms with Crippen molar-refractivity contribution in [2.75, 3.05) is 6.61 Å². The largest absolute Gasteiger partial charge is 0.494 e. The van der Waals surface area contributed by atoms with Gasteiger partial charge in [0.1, 0.15) is 5.75 Å². The molecule has 0 aliphatic carbocycles. The molecular formula is C16H17NO3. The van der Waals surface area contributed by atoms with Gasteiger partial charge in [0.05, 0.1) is 12.5 Å². The first-order valence-corrected chi connectivity index (χ1v) is 6.48. The lowest BCUT2D eigenvalue weighted by molar-refractivity contribution is -0.129. The molecule has 4 heteroatoms. The zero-order valence-electron chi connectivity index (χ0n) is 11.2. The van der Waals surface area contributed by atoms with Crippen molar-refractivity contribution in [3.05, 3.63) is 65.7 Å². The second kappa shape index (κ2) is 6.73. The fraction of sp³-hybridized carbons (Fsp3) is 0.188. The number of hydrogen-bond acceptors (Lipinski definition) is 3. The van der Waals surface area contributed by atoms with Gasteiger partial charge in [-0.25, -0.2) is 5.48 Å². The Morgan fingerprint density at radius 1 is 1.10 bits per heavy atom. The summed E-state index contributed by atoms with van der Waals surface area (Å²) >= 11 is 0. The van der Waals surface area contributed by atoms with Crippen LogP contribution in [0.4, 0.5) is 0 Å². The van der Waals surface area contributed by atoms with E-state index in [9.17, 15) is 4.79 Å². The molecule has 0 fully saturated rings. The summed E-state index contributed by atoms with van der Waals surface area (Å²) in [4.78, 5) is 11.9. The minimum Gasteiger partial charge on any atom is -0.494 e. The van der Waals surface area contributed by atoms with Crippen molar-refractivity contribution >= 4 is 5.91 Å². The number of carbonyl (C=O) groups excluding carboxylic acids is 1. The van der Waals surface area contributed by atoms with Gasteiger partial charge in [0.2, 0.25) is 0 Å². The van der Waals surface area contributed by atoms with Crippen molar-refractivity contribution in [1.82, 2.24) is 5.48 Å². The number of hydrogen-bond donors (Lipinski definition) is 2. The van der Waals surface area contributed by atoms with Crippen LogP contribution in [0, 0.1) is 0 Å². The lowest BCUT2D eigenvalue weighted by Crippen LogP contribution is -2.27. The van der Waals surface area contributed by atoms with Gasteiger partial charge in [-0.3, -0.25) is 10.0 Å². The van der Waals surface area contributed by atoms with Crippen LogP contribution >= 0.6 is 0 Å². The summed E-state index contributed by atoms with van der Waals surface area (Å²) in [5.41, 5.74) is 3.35. The zero-order valence-corrected chi connectivity index (χ0v) is 11.2. The van der Waals surface area contributed by atoms with Crippen molar-refractivity contribution in [1.29, 1.82) is 0 Å². The van der Waals surface area contributed by atoms with E-state index in [1.807, 2.05) is 61.5 Å². The Hall–Kier alpha value is -2.33. The summed E-state index contributed by atoms with van der Waals surface area (Å²) in [5, 5.41) is 8.94. The monoisotopic (exact) mass is 271 g/mol. The minimum absolute atomic E-state index is 0.458. The van der Waals surface area contributed by atoms with Crippen molar-refractivity contribution < 1.29 is 14.7 Å². The van der Waals surface area contributed by atoms with Crippen LogP contribution in [-0.2, 0) is 4.79 Å². The van der Waals surface area contributed by atoms with Crippen molar-refractivity contribution in [3.63, 3.8) is 0 Å². The van der Waals surface area contributed by atoms with E-state index >= 15 is 0 Å². The third kappa shape index (κ3) is 3.16. The quantitative estimate of drug-likeness (QED) is 0.649. The van der Waals surface area contributed by atoms with Gasteiger partial charge in [0.25, 0.3) is 5.91 Å². The number of nitrogens with one attached hydrogen (secondary N) is 1. The molecule has 1 unspecified atom stereocenters. The number of benzene rings is 2. The maximum absolute atomic E-state index is 11.9. The summed E-state index contributed by atoms with van der Waals surface area (Å²) < 4.78 is 5.38. The van der Waals surface area contributed by atoms with Gasteiger partial charge in [-0.15, -0.1) is 0 Å². The highest BCUT2D eigenvalue weighted by Crippen LogP contribution is 2.26. The molecule has 104 valence electrons. The molecule has 0 radical (unpaired) electrons. The van der Waals surface area contributed by atoms with Crippen molar-refractivity contribution in [3.8, 4) is 5.75 Å². The van der Waals surface area contributed by atoms with Gasteiger partial charge in [-0.1, -0.05) is 42.5 Å². The molecule has 20 heavy (non-hydrogen) atoms. The second-order valence-corrected chi connectivity index (χ2v) is 4.32. The van der Waals surface area contributed by atoms with Crippen LogP contribution in [0.3, 0.4) is 0 Å². The molecule has 2 rings (SSSR count). The third-order valence-corrected chi connectivity index (χ3v) is 3.03. The van der Waals surface area contributed by atoms with E-state index in [1.54, 1.807) is 5.48 Å². The molecule has 0 bridgehead atoms. The molecule has 0 saturated carbocycles. The Morgan fingerprint density at radius 2 is 1.70 bits per heavy atom. The molecule has 1 amide bonds. The first kappa shape index (κ1) is 14.1. The maximum Gasteiger partial charge on any atom is 0.255 e. The summed E-state index contributed by atoms with van der Waals surface area (Å²) in [6.07, 6.45) is 0. The number of ether oxygens (including phenoxy) is 1. The lowest BCUT2D eigenvalue weighted by Gasteiger charge is -2.16. The first-order chi connectivity index (χ1) is 9.76. The predicted molar refractivity (Wildman–Crippen MR) is 75.8 cm³/mol. The molecule has 1 atom stereocenters. The average Bonchev–Trinajstić information content (AvgIpc) is 2.50. The third-order valence-electron chi connectivity index (χ3n) is 3.03. The van der Waals surface area contributed by atoms with E-state index in [0.29, 0.717) is 6.61 Å². The standard InChI is InChI=1S/C16H17NO3/c1-2-20-14-10-8-13(9-11-14)15(16(18)17-19)12-6-4-3-5-7-12/h3-11,15,19H,2H2,1H3,(H,17,18). The molecule has 0 aliphatic rings. The highest BCUT2D eigenvalue weighted by atomic mass is 16.5. The van der Waals surface area contributed by atoms with Gasteiger partial charge < -0.3 is 4.74 Å². The topological polar surface area (TPSA) is 58.6 Å². The fourth-order valence-corrected chi connectivity index (χ4v) is 2.13. The predicted octanol–water partition coefficient (Wildman–Crippen LogP) is 2.72. The Morgan fingerprint density at radius 3 is 2.25 bits per heavy atom. The summed E-state index contributed by atoms with van der Waals surface area (Å²) in [7, 11) is 0. The van der Waals surface area contributed by atoms with E-state index in [0.717, 1.165) is 16.9 Å². The van der Waals surface area contributed by atoms with Crippen LogP contribution in [0.5, 0.6) is 5.75 Å². The summed E-state index contributed by atoms with van der Waals surface area (Å²) in [5.74, 6) is -0.246. The normalized spacial score (nSPS) is 11.7. The van der Waals surface area contributed by atoms with E-state index in [2.05, 4.69) is 0 Å². The number of amides is 1. The van der Waals surface area contributed by atoms with Crippen LogP contribution < -0.4 is 10.2 Å². The van der Waals surface area contributed by atoms with E-state index in [4.69, 9.17) is 9.94 Å². The molecule has 2 aromatic carbocycles. The maximum atomic E-state index is 11.9. The van der Waals surface area contributed by atoms with E-state index in [1.165, 1.54) is 0 Å². The molecule has 0 heterocycles. The van der Waals surface area contributed by atoms with Crippen LogP contribution in [0.2, 0.25) is 0 Å². The second-order valence-electron chi connectivity index (χ2n) is 4.32. The van der Waals surface area contributed by atoms with Crippen LogP contribution in [-0.4, -0.2) is 17.7 Å². The lowest BCUT2D eigenvalue weighted by atomic mass is 9.91. The van der Waals surface area contributed by atoms with Crippen LogP contribution in [0.1, 0.15) is 24.0 Å². The smallest absolute Gasteiger partial charge is 0.255 e. The average molecular weight is 271 g/mol. The number of hydroxylamine groups is 1. The fourth-order valence-electron chi connectivity index (χ4n) is 2.13. The number of rotatable bonds is 5. The van der Waals surface area contributed by atoms with Crippen molar-refractivity contribution in [2.24, 2.45) is 0 Å². The molecule has 4 nitrogen and oxygen atoms in total. The SMILES string of the molecule is CCOc1ccc(C(C(=O)NO)c2ccccc2)cc1. The molecule has 0 aliphatic heterocycles. The highest BCUT2D eigenvalue weighted by Gasteiger charge is 2.22. The van der Waals surface area contributed by atoms with Crippen LogP contribution in [0.25, 0.3) is 0 Å². The Kier molecular flexibility index (Phi) is 4.74. The summed E-state index contributed by atoms with van der Waals surface area (Å²) in [6, 6.07) is 16.6. The van der Waals surface area contributed by atoms with Crippen molar-refractivity contribution in [2.45, 2.75) is 12.8 Å². The minimum atomic E-state index is -0.545. The van der Waals surface area contributed by atoms with Gasteiger partial charge in [-0.05, 0) is 30.2 Å².